The van der Waals surface area contributed by atoms with Crippen molar-refractivity contribution in [1.82, 2.24) is 0 Å². The average molecular weight is 252 g/mol. The lowest BCUT2D eigenvalue weighted by Crippen LogP contribution is -2.35. The van der Waals surface area contributed by atoms with E-state index in [9.17, 15) is 0 Å². The number of fused-ring (bicyclic) bond motifs is 1. The number of rotatable bonds is 3. The molecule has 2 aliphatic rings. The van der Waals surface area contributed by atoms with Gasteiger partial charge in [-0.05, 0) is 42.7 Å². The molecule has 2 aliphatic carbocycles. The third kappa shape index (κ3) is 2.10. The molecular formula is C19H24. The first-order valence-electron chi connectivity index (χ1n) is 7.02. The highest BCUT2D eigenvalue weighted by atomic mass is 14.4. The van der Waals surface area contributed by atoms with Crippen molar-refractivity contribution in [3.05, 3.63) is 72.4 Å². The molecule has 0 nitrogen and oxygen atoms in total. The van der Waals surface area contributed by atoms with Crippen molar-refractivity contribution in [1.29, 1.82) is 0 Å². The van der Waals surface area contributed by atoms with Crippen molar-refractivity contribution >= 4 is 0 Å². The molecule has 0 aromatic carbocycles. The SMILES string of the molecule is C=CC1=C(C(=C)C)C(C)C2C=CC=C(C)C2C1C=C. The van der Waals surface area contributed by atoms with Crippen LogP contribution in [0, 0.1) is 23.7 Å². The van der Waals surface area contributed by atoms with E-state index in [1.807, 2.05) is 6.08 Å². The summed E-state index contributed by atoms with van der Waals surface area (Å²) < 4.78 is 0. The first-order chi connectivity index (χ1) is 9.02. The van der Waals surface area contributed by atoms with E-state index in [0.717, 1.165) is 5.57 Å². The Morgan fingerprint density at radius 1 is 1.32 bits per heavy atom. The van der Waals surface area contributed by atoms with Crippen LogP contribution in [-0.4, -0.2) is 0 Å². The molecule has 0 spiro atoms. The first-order valence-corrected chi connectivity index (χ1v) is 7.02. The molecule has 0 N–H and O–H groups in total. The smallest absolute Gasteiger partial charge is 0.00894 e. The minimum atomic E-state index is 0.353. The van der Waals surface area contributed by atoms with Gasteiger partial charge < -0.3 is 0 Å². The molecule has 0 fully saturated rings. The quantitative estimate of drug-likeness (QED) is 0.602. The minimum Gasteiger partial charge on any atom is -0.102 e. The largest absolute Gasteiger partial charge is 0.102 e. The Morgan fingerprint density at radius 2 is 2.00 bits per heavy atom. The van der Waals surface area contributed by atoms with Gasteiger partial charge in [-0.15, -0.1) is 6.58 Å². The second-order valence-electron chi connectivity index (χ2n) is 5.80. The Balaban J connectivity index is 2.64. The van der Waals surface area contributed by atoms with Gasteiger partial charge in [0.1, 0.15) is 0 Å². The molecular weight excluding hydrogens is 228 g/mol. The topological polar surface area (TPSA) is 0 Å². The Morgan fingerprint density at radius 3 is 2.53 bits per heavy atom. The van der Waals surface area contributed by atoms with Crippen LogP contribution in [0.5, 0.6) is 0 Å². The summed E-state index contributed by atoms with van der Waals surface area (Å²) in [6.07, 6.45) is 10.9. The molecule has 0 aliphatic heterocycles. The normalized spacial score (nSPS) is 33.5. The van der Waals surface area contributed by atoms with Gasteiger partial charge in [0.15, 0.2) is 0 Å². The van der Waals surface area contributed by atoms with Crippen molar-refractivity contribution in [2.75, 3.05) is 0 Å². The van der Waals surface area contributed by atoms with Gasteiger partial charge in [-0.2, -0.15) is 0 Å². The summed E-state index contributed by atoms with van der Waals surface area (Å²) in [5.41, 5.74) is 5.30. The summed E-state index contributed by atoms with van der Waals surface area (Å²) >= 11 is 0. The lowest BCUT2D eigenvalue weighted by Gasteiger charge is -2.44. The van der Waals surface area contributed by atoms with E-state index in [0.29, 0.717) is 23.7 Å². The lowest BCUT2D eigenvalue weighted by molar-refractivity contribution is 0.293. The van der Waals surface area contributed by atoms with Crippen LogP contribution >= 0.6 is 0 Å². The maximum Gasteiger partial charge on any atom is 0.00894 e. The molecule has 0 heteroatoms. The van der Waals surface area contributed by atoms with E-state index in [2.05, 4.69) is 64.8 Å². The second kappa shape index (κ2) is 5.21. The zero-order chi connectivity index (χ0) is 14.2. The molecule has 0 aromatic heterocycles. The van der Waals surface area contributed by atoms with Crippen molar-refractivity contribution < 1.29 is 0 Å². The zero-order valence-corrected chi connectivity index (χ0v) is 12.3. The van der Waals surface area contributed by atoms with E-state index in [-0.39, 0.29) is 0 Å². The van der Waals surface area contributed by atoms with Crippen molar-refractivity contribution in [3.8, 4) is 0 Å². The van der Waals surface area contributed by atoms with Gasteiger partial charge in [-0.25, -0.2) is 0 Å². The molecule has 0 heterocycles. The van der Waals surface area contributed by atoms with Crippen LogP contribution in [0.1, 0.15) is 20.8 Å². The molecule has 2 rings (SSSR count). The molecule has 0 amide bonds. The fraction of sp³-hybridized carbons (Fsp3) is 0.368. The molecule has 0 saturated carbocycles. The summed E-state index contributed by atoms with van der Waals surface area (Å²) in [6, 6.07) is 0. The third-order valence-corrected chi connectivity index (χ3v) is 4.66. The third-order valence-electron chi connectivity index (χ3n) is 4.66. The van der Waals surface area contributed by atoms with Crippen molar-refractivity contribution in [2.24, 2.45) is 23.7 Å². The maximum absolute atomic E-state index is 4.17. The summed E-state index contributed by atoms with van der Waals surface area (Å²) in [5.74, 6) is 1.91. The fourth-order valence-electron chi connectivity index (χ4n) is 3.85. The lowest BCUT2D eigenvalue weighted by atomic mass is 9.60. The standard InChI is InChI=1S/C19H24/c1-7-15-16(8-2)19-13(5)10-9-11-17(19)14(6)18(15)12(3)4/h7-11,14,16-17,19H,1-3H2,4-6H3. The fourth-order valence-corrected chi connectivity index (χ4v) is 3.85. The highest BCUT2D eigenvalue weighted by Crippen LogP contribution is 2.49. The molecule has 0 bridgehead atoms. The Kier molecular flexibility index (Phi) is 3.80. The molecule has 100 valence electrons. The number of hydrogen-bond acceptors (Lipinski definition) is 0. The van der Waals surface area contributed by atoms with Gasteiger partial charge in [0, 0.05) is 5.92 Å². The summed E-state index contributed by atoms with van der Waals surface area (Å²) in [4.78, 5) is 0. The van der Waals surface area contributed by atoms with E-state index in [1.54, 1.807) is 0 Å². The Bertz CT molecular complexity index is 510. The minimum absolute atomic E-state index is 0.353. The summed E-state index contributed by atoms with van der Waals surface area (Å²) in [6.45, 7) is 18.9. The molecule has 0 saturated heterocycles. The number of allylic oxidation sites excluding steroid dienone is 9. The Labute approximate surface area is 117 Å². The van der Waals surface area contributed by atoms with Gasteiger partial charge >= 0.3 is 0 Å². The van der Waals surface area contributed by atoms with Crippen molar-refractivity contribution in [3.63, 3.8) is 0 Å². The van der Waals surface area contributed by atoms with E-state index >= 15 is 0 Å². The molecule has 19 heavy (non-hydrogen) atoms. The number of hydrogen-bond donors (Lipinski definition) is 0. The van der Waals surface area contributed by atoms with E-state index in [4.69, 9.17) is 0 Å². The van der Waals surface area contributed by atoms with E-state index in [1.165, 1.54) is 16.7 Å². The van der Waals surface area contributed by atoms with Crippen LogP contribution in [0.4, 0.5) is 0 Å². The van der Waals surface area contributed by atoms with Gasteiger partial charge in [0.2, 0.25) is 0 Å². The predicted molar refractivity (Wildman–Crippen MR) is 84.8 cm³/mol. The monoisotopic (exact) mass is 252 g/mol. The zero-order valence-electron chi connectivity index (χ0n) is 12.3. The van der Waals surface area contributed by atoms with Crippen LogP contribution in [-0.2, 0) is 0 Å². The van der Waals surface area contributed by atoms with E-state index < -0.39 is 0 Å². The maximum atomic E-state index is 4.17. The molecule has 4 unspecified atom stereocenters. The molecule has 0 aromatic rings. The summed E-state index contributed by atoms with van der Waals surface area (Å²) in [5, 5.41) is 0. The first kappa shape index (κ1) is 13.9. The van der Waals surface area contributed by atoms with Crippen LogP contribution in [0.15, 0.2) is 72.4 Å². The van der Waals surface area contributed by atoms with Crippen molar-refractivity contribution in [2.45, 2.75) is 20.8 Å². The van der Waals surface area contributed by atoms with Gasteiger partial charge in [-0.1, -0.05) is 61.6 Å². The predicted octanol–water partition coefficient (Wildman–Crippen LogP) is 5.25. The highest BCUT2D eigenvalue weighted by molar-refractivity contribution is 5.47. The molecule has 0 radical (unpaired) electrons. The second-order valence-corrected chi connectivity index (χ2v) is 5.80. The van der Waals surface area contributed by atoms with Crippen LogP contribution in [0.3, 0.4) is 0 Å². The van der Waals surface area contributed by atoms with Crippen LogP contribution in [0.2, 0.25) is 0 Å². The van der Waals surface area contributed by atoms with Crippen LogP contribution < -0.4 is 0 Å². The van der Waals surface area contributed by atoms with Gasteiger partial charge in [0.25, 0.3) is 0 Å². The van der Waals surface area contributed by atoms with Crippen LogP contribution in [0.25, 0.3) is 0 Å². The van der Waals surface area contributed by atoms with Gasteiger partial charge in [0.05, 0.1) is 0 Å². The Hall–Kier alpha value is -1.56. The average Bonchev–Trinajstić information content (AvgIpc) is 2.38. The molecule has 4 atom stereocenters. The van der Waals surface area contributed by atoms with Gasteiger partial charge in [-0.3, -0.25) is 0 Å². The highest BCUT2D eigenvalue weighted by Gasteiger charge is 2.40. The summed E-state index contributed by atoms with van der Waals surface area (Å²) in [7, 11) is 0.